The van der Waals surface area contributed by atoms with Crippen molar-refractivity contribution < 1.29 is 18.9 Å². The normalized spacial score (nSPS) is 16.8. The highest BCUT2D eigenvalue weighted by Crippen LogP contribution is 2.13. The third-order valence-electron chi connectivity index (χ3n) is 6.84. The van der Waals surface area contributed by atoms with Crippen molar-refractivity contribution in [3.63, 3.8) is 0 Å². The monoisotopic (exact) mass is 548 g/mol. The summed E-state index contributed by atoms with van der Waals surface area (Å²) in [5.74, 6) is 0. The van der Waals surface area contributed by atoms with Crippen LogP contribution in [0.4, 0.5) is 0 Å². The van der Waals surface area contributed by atoms with Crippen LogP contribution in [0.1, 0.15) is 22.5 Å². The van der Waals surface area contributed by atoms with Crippen LogP contribution in [0.15, 0.2) is 73.1 Å². The van der Waals surface area contributed by atoms with E-state index in [1.165, 1.54) is 11.1 Å². The Morgan fingerprint density at radius 1 is 0.600 bits per heavy atom. The molecule has 1 aliphatic rings. The summed E-state index contributed by atoms with van der Waals surface area (Å²) in [6.07, 6.45) is 5.59. The fourth-order valence-corrected chi connectivity index (χ4v) is 4.67. The highest BCUT2D eigenvalue weighted by Gasteiger charge is 2.11. The van der Waals surface area contributed by atoms with E-state index < -0.39 is 0 Å². The Balaban J connectivity index is 1.35. The third-order valence-corrected chi connectivity index (χ3v) is 6.84. The number of hydrogen-bond donors (Lipinski definition) is 0. The number of ether oxygens (including phenoxy) is 4. The predicted molar refractivity (Wildman–Crippen MR) is 156 cm³/mol. The fourth-order valence-electron chi connectivity index (χ4n) is 4.67. The molecule has 40 heavy (non-hydrogen) atoms. The molecule has 0 atom stereocenters. The SMILES string of the molecule is c1ccc(CCN(CCc2ccccn2)Cc2cccc(CN3CCOCCOCCOCCOCC3)c2)nc1. The molecule has 0 bridgehead atoms. The van der Waals surface area contributed by atoms with Crippen LogP contribution >= 0.6 is 0 Å². The molecule has 1 fully saturated rings. The van der Waals surface area contributed by atoms with Gasteiger partial charge in [0.1, 0.15) is 0 Å². The van der Waals surface area contributed by atoms with Gasteiger partial charge in [-0.25, -0.2) is 0 Å². The Labute approximate surface area is 239 Å². The van der Waals surface area contributed by atoms with Crippen LogP contribution in [-0.2, 0) is 44.9 Å². The van der Waals surface area contributed by atoms with Gasteiger partial charge in [0.15, 0.2) is 0 Å². The molecular weight excluding hydrogens is 504 g/mol. The zero-order chi connectivity index (χ0) is 27.5. The van der Waals surface area contributed by atoms with E-state index >= 15 is 0 Å². The lowest BCUT2D eigenvalue weighted by atomic mass is 10.1. The zero-order valence-corrected chi connectivity index (χ0v) is 23.7. The number of aromatic nitrogens is 2. The standard InChI is InChI=1S/C32H44N4O4/c1-3-12-33-31(8-1)10-14-35(15-11-32-9-2-4-13-34-32)27-29-6-5-7-30(26-29)28-36-16-18-37-20-22-39-24-25-40-23-21-38-19-17-36/h1-9,12-13,26H,10-11,14-25,27-28H2. The summed E-state index contributed by atoms with van der Waals surface area (Å²) in [5, 5.41) is 0. The largest absolute Gasteiger partial charge is 0.378 e. The van der Waals surface area contributed by atoms with Crippen LogP contribution in [0, 0.1) is 0 Å². The number of rotatable bonds is 10. The van der Waals surface area contributed by atoms with Gasteiger partial charge in [-0.15, -0.1) is 0 Å². The average molecular weight is 549 g/mol. The number of hydrogen-bond acceptors (Lipinski definition) is 8. The Morgan fingerprint density at radius 2 is 1.12 bits per heavy atom. The number of nitrogens with zero attached hydrogens (tertiary/aromatic N) is 4. The molecule has 8 nitrogen and oxygen atoms in total. The first-order chi connectivity index (χ1) is 19.8. The van der Waals surface area contributed by atoms with Gasteiger partial charge in [-0.05, 0) is 35.4 Å². The van der Waals surface area contributed by atoms with Crippen LogP contribution in [0.25, 0.3) is 0 Å². The molecule has 0 saturated carbocycles. The smallest absolute Gasteiger partial charge is 0.0701 e. The topological polar surface area (TPSA) is 69.2 Å². The third kappa shape index (κ3) is 12.2. The molecule has 1 saturated heterocycles. The first-order valence-electron chi connectivity index (χ1n) is 14.5. The second-order valence-electron chi connectivity index (χ2n) is 9.96. The van der Waals surface area contributed by atoms with Gasteiger partial charge in [0.2, 0.25) is 0 Å². The summed E-state index contributed by atoms with van der Waals surface area (Å²) in [7, 11) is 0. The van der Waals surface area contributed by atoms with Crippen LogP contribution < -0.4 is 0 Å². The lowest BCUT2D eigenvalue weighted by Crippen LogP contribution is -2.31. The first-order valence-corrected chi connectivity index (χ1v) is 14.5. The van der Waals surface area contributed by atoms with E-state index in [4.69, 9.17) is 18.9 Å². The fraction of sp³-hybridized carbons (Fsp3) is 0.500. The van der Waals surface area contributed by atoms with E-state index in [1.807, 2.05) is 24.5 Å². The Morgan fingerprint density at radius 3 is 1.65 bits per heavy atom. The molecule has 216 valence electrons. The van der Waals surface area contributed by atoms with Crippen molar-refractivity contribution >= 4 is 0 Å². The molecule has 2 aromatic heterocycles. The molecular formula is C32H44N4O4. The van der Waals surface area contributed by atoms with Crippen LogP contribution in [0.3, 0.4) is 0 Å². The maximum Gasteiger partial charge on any atom is 0.0701 e. The highest BCUT2D eigenvalue weighted by molar-refractivity contribution is 5.23. The van der Waals surface area contributed by atoms with E-state index in [-0.39, 0.29) is 0 Å². The van der Waals surface area contributed by atoms with Crippen LogP contribution in [0.2, 0.25) is 0 Å². The molecule has 3 aromatic rings. The number of pyridine rings is 2. The van der Waals surface area contributed by atoms with Gasteiger partial charge in [-0.3, -0.25) is 19.8 Å². The molecule has 4 rings (SSSR count). The Hall–Kier alpha value is -2.72. The van der Waals surface area contributed by atoms with Gasteiger partial charge in [-0.2, -0.15) is 0 Å². The molecule has 0 unspecified atom stereocenters. The summed E-state index contributed by atoms with van der Waals surface area (Å²) in [6, 6.07) is 21.2. The van der Waals surface area contributed by atoms with Crippen LogP contribution in [0.5, 0.6) is 0 Å². The zero-order valence-electron chi connectivity index (χ0n) is 23.7. The minimum absolute atomic E-state index is 0.593. The average Bonchev–Trinajstić information content (AvgIpc) is 3.00. The molecule has 0 radical (unpaired) electrons. The maximum absolute atomic E-state index is 5.82. The van der Waals surface area contributed by atoms with Crippen molar-refractivity contribution in [1.82, 2.24) is 19.8 Å². The highest BCUT2D eigenvalue weighted by atomic mass is 16.6. The molecule has 0 aliphatic carbocycles. The minimum atomic E-state index is 0.593. The van der Waals surface area contributed by atoms with Crippen molar-refractivity contribution in [2.24, 2.45) is 0 Å². The van der Waals surface area contributed by atoms with E-state index in [2.05, 4.69) is 68.3 Å². The van der Waals surface area contributed by atoms with Crippen molar-refractivity contribution in [2.45, 2.75) is 25.9 Å². The molecule has 0 N–H and O–H groups in total. The van der Waals surface area contributed by atoms with E-state index in [0.717, 1.165) is 63.5 Å². The summed E-state index contributed by atoms with van der Waals surface area (Å²) >= 11 is 0. The summed E-state index contributed by atoms with van der Waals surface area (Å²) in [6.45, 7) is 10.3. The van der Waals surface area contributed by atoms with Gasteiger partial charge >= 0.3 is 0 Å². The van der Waals surface area contributed by atoms with Gasteiger partial charge in [0.25, 0.3) is 0 Å². The Kier molecular flexibility index (Phi) is 14.1. The second kappa shape index (κ2) is 18.6. The van der Waals surface area contributed by atoms with Crippen molar-refractivity contribution in [3.05, 3.63) is 95.6 Å². The van der Waals surface area contributed by atoms with Crippen molar-refractivity contribution in [3.8, 4) is 0 Å². The van der Waals surface area contributed by atoms with Crippen LogP contribution in [-0.4, -0.2) is 98.8 Å². The van der Waals surface area contributed by atoms with E-state index in [9.17, 15) is 0 Å². The molecule has 3 heterocycles. The van der Waals surface area contributed by atoms with Gasteiger partial charge in [-0.1, -0.05) is 36.4 Å². The molecule has 0 amide bonds. The summed E-state index contributed by atoms with van der Waals surface area (Å²) in [5.41, 5.74) is 4.87. The maximum atomic E-state index is 5.82. The molecule has 1 aromatic carbocycles. The van der Waals surface area contributed by atoms with Gasteiger partial charge in [0, 0.05) is 75.9 Å². The van der Waals surface area contributed by atoms with Gasteiger partial charge in [0.05, 0.1) is 52.9 Å². The quantitative estimate of drug-likeness (QED) is 0.381. The molecule has 1 aliphatic heterocycles. The van der Waals surface area contributed by atoms with E-state index in [1.54, 1.807) is 0 Å². The molecule has 0 spiro atoms. The van der Waals surface area contributed by atoms with Gasteiger partial charge < -0.3 is 18.9 Å². The second-order valence-corrected chi connectivity index (χ2v) is 9.96. The van der Waals surface area contributed by atoms with E-state index in [0.29, 0.717) is 52.9 Å². The summed E-state index contributed by atoms with van der Waals surface area (Å²) < 4.78 is 22.7. The number of benzene rings is 1. The lowest BCUT2D eigenvalue weighted by Gasteiger charge is -2.24. The predicted octanol–water partition coefficient (Wildman–Crippen LogP) is 3.65. The van der Waals surface area contributed by atoms with Crippen molar-refractivity contribution in [2.75, 3.05) is 79.0 Å². The van der Waals surface area contributed by atoms with Crippen molar-refractivity contribution in [1.29, 1.82) is 0 Å². The molecule has 8 heteroatoms. The first kappa shape index (κ1) is 30.2. The minimum Gasteiger partial charge on any atom is -0.378 e. The summed E-state index contributed by atoms with van der Waals surface area (Å²) in [4.78, 5) is 14.0. The Bertz CT molecular complexity index is 998. The lowest BCUT2D eigenvalue weighted by molar-refractivity contribution is 0.00206.